The summed E-state index contributed by atoms with van der Waals surface area (Å²) < 4.78 is 21.3. The van der Waals surface area contributed by atoms with E-state index in [2.05, 4.69) is 37.2 Å². The maximum absolute atomic E-state index is 15.9. The fraction of sp³-hybridized carbons (Fsp3) is 0.652. The maximum atomic E-state index is 15.9. The van der Waals surface area contributed by atoms with Crippen LogP contribution < -0.4 is 26.0 Å². The Balaban J connectivity index is 1.63. The normalized spacial score (nSPS) is 25.6. The van der Waals surface area contributed by atoms with E-state index in [1.807, 2.05) is 27.7 Å². The first-order valence-corrected chi connectivity index (χ1v) is 34.4. The number of nitrogens with one attached hydrogen (secondary N) is 4. The molecule has 4 N–H and O–H groups in total. The smallest absolute Gasteiger partial charge is 0.246 e. The van der Waals surface area contributed by atoms with Gasteiger partial charge in [0.1, 0.15) is 71.5 Å². The molecule has 27 heteroatoms. The largest absolute Gasteiger partial charge is 0.497 e. The van der Waals surface area contributed by atoms with Crippen molar-refractivity contribution in [2.45, 2.75) is 206 Å². The highest BCUT2D eigenvalue weighted by Crippen LogP contribution is 2.28. The molecule has 12 amide bonds. The van der Waals surface area contributed by atoms with Crippen molar-refractivity contribution in [1.29, 1.82) is 0 Å². The number of rotatable bonds is 14. The number of benzene rings is 2. The zero-order chi connectivity index (χ0) is 71.8. The molecule has 25 nitrogen and oxygen atoms in total. The van der Waals surface area contributed by atoms with Gasteiger partial charge in [0.2, 0.25) is 70.9 Å². The second-order valence-electron chi connectivity index (χ2n) is 26.9. The number of fused-ring (bicyclic) bond motifs is 1. The Kier molecular flexibility index (Phi) is 29.2. The molecule has 5 rings (SSSR count). The van der Waals surface area contributed by atoms with Crippen LogP contribution in [-0.4, -0.2) is 246 Å². The second kappa shape index (κ2) is 35.5. The van der Waals surface area contributed by atoms with Crippen molar-refractivity contribution in [3.05, 3.63) is 63.9 Å². The molecular formula is C69H104BrFN12O13. The summed E-state index contributed by atoms with van der Waals surface area (Å²) in [4.78, 5) is 187. The number of halogens is 2. The number of nitrogens with zero attached hydrogens (tertiary/aromatic N) is 8. The van der Waals surface area contributed by atoms with Crippen molar-refractivity contribution in [3.63, 3.8) is 0 Å². The van der Waals surface area contributed by atoms with Crippen molar-refractivity contribution in [2.75, 3.05) is 75.6 Å². The molecule has 2 aromatic carbocycles. The summed E-state index contributed by atoms with van der Waals surface area (Å²) >= 11 is 3.20. The third kappa shape index (κ3) is 19.5. The Morgan fingerprint density at radius 3 is 1.91 bits per heavy atom. The lowest BCUT2D eigenvalue weighted by Gasteiger charge is -2.45. The van der Waals surface area contributed by atoms with Crippen LogP contribution >= 0.6 is 15.9 Å². The van der Waals surface area contributed by atoms with Crippen LogP contribution in [0, 0.1) is 17.7 Å². The summed E-state index contributed by atoms with van der Waals surface area (Å²) in [6, 6.07) is -0.365. The molecule has 532 valence electrons. The van der Waals surface area contributed by atoms with Crippen LogP contribution in [-0.2, 0) is 70.4 Å². The Hall–Kier alpha value is -7.71. The van der Waals surface area contributed by atoms with Gasteiger partial charge in [-0.1, -0.05) is 85.1 Å². The van der Waals surface area contributed by atoms with Gasteiger partial charge < -0.3 is 65.2 Å². The van der Waals surface area contributed by atoms with Crippen LogP contribution in [0.25, 0.3) is 0 Å². The maximum Gasteiger partial charge on any atom is 0.246 e. The molecule has 0 saturated carbocycles. The van der Waals surface area contributed by atoms with E-state index >= 15 is 9.18 Å². The van der Waals surface area contributed by atoms with E-state index in [0.717, 1.165) is 21.1 Å². The predicted octanol–water partition coefficient (Wildman–Crippen LogP) is 4.05. The van der Waals surface area contributed by atoms with Crippen molar-refractivity contribution >= 4 is 86.8 Å². The zero-order valence-corrected chi connectivity index (χ0v) is 60.6. The Labute approximate surface area is 574 Å². The fourth-order valence-electron chi connectivity index (χ4n) is 12.2. The number of likely N-dealkylation sites (tertiary alicyclic amines) is 1. The monoisotopic (exact) mass is 1410 g/mol. The third-order valence-corrected chi connectivity index (χ3v) is 20.0. The number of hydrogen-bond donors (Lipinski definition) is 4. The number of carbonyl (C=O) groups excluding carboxylic acids is 12. The van der Waals surface area contributed by atoms with Crippen molar-refractivity contribution < 1.29 is 66.7 Å². The molecule has 0 unspecified atom stereocenters. The molecule has 0 radical (unpaired) electrons. The third-order valence-electron chi connectivity index (χ3n) is 19.4. The first-order chi connectivity index (χ1) is 45.2. The number of carbonyl (C=O) groups is 12. The van der Waals surface area contributed by atoms with E-state index in [4.69, 9.17) is 4.74 Å². The molecule has 3 heterocycles. The SMILES string of the molecule is CCCC[C@@H]1NC(=O)[C@H](Cc2cccc(Br)c2F)NC(=O)CN(C)C(=O)[C@H](Cc2ccc(OC)cc2)N(C)C(=O)[C@@H]2CCN2C(=O)[C@H](C)N(C)C(=O)[C@H]([C@@H](C)CC)NC(=O)[C@H](CC)N(C)C(=O)C[C@@H](C(=O)N2CCCCC2)N(C)C(=O)[C@H](CC(C)C)NC(=O)C(C)(C)N(C)C1=O. The molecular weight excluding hydrogens is 1300 g/mol. The van der Waals surface area contributed by atoms with Crippen LogP contribution in [0.4, 0.5) is 4.39 Å². The Morgan fingerprint density at radius 2 is 1.33 bits per heavy atom. The fourth-order valence-corrected chi connectivity index (χ4v) is 12.6. The van der Waals surface area contributed by atoms with Crippen LogP contribution in [0.2, 0.25) is 0 Å². The lowest BCUT2D eigenvalue weighted by molar-refractivity contribution is -0.160. The lowest BCUT2D eigenvalue weighted by Crippen LogP contribution is -2.65. The number of likely N-dealkylation sites (N-methyl/N-ethyl adjacent to an activating group) is 6. The highest BCUT2D eigenvalue weighted by Gasteiger charge is 2.47. The summed E-state index contributed by atoms with van der Waals surface area (Å²) in [6.07, 6.45) is 2.90. The number of piperidine rings is 1. The van der Waals surface area contributed by atoms with Gasteiger partial charge in [0, 0.05) is 74.8 Å². The zero-order valence-electron chi connectivity index (χ0n) is 59.1. The molecule has 0 bridgehead atoms. The van der Waals surface area contributed by atoms with E-state index in [1.54, 1.807) is 49.1 Å². The van der Waals surface area contributed by atoms with Gasteiger partial charge in [-0.15, -0.1) is 0 Å². The first kappa shape index (κ1) is 79.0. The average Bonchev–Trinajstić information content (AvgIpc) is 0.834. The highest BCUT2D eigenvalue weighted by atomic mass is 79.9. The van der Waals surface area contributed by atoms with Gasteiger partial charge in [-0.2, -0.15) is 0 Å². The molecule has 0 spiro atoms. The van der Waals surface area contributed by atoms with Crippen molar-refractivity contribution in [1.82, 2.24) is 60.5 Å². The standard InChI is InChI=1S/C69H104BrFN12O13/c1-17-20-27-48-63(90)81(15)69(8,9)68(95)74-50(36-41(4)5)62(89)79(13)54(66(93)82-33-22-21-23-34-82)39-56(85)78(12)51(19-3)60(87)75-58(42(6)18-2)67(94)77(11)43(7)61(88)83-35-32-52(83)65(92)80(14)53(37-44-28-30-46(96-16)31-29-44)64(91)76(10)40-55(84)72-49(59(86)73-48)38-45-25-24-26-47(70)57(45)71/h24-26,28-31,41-43,48-54,58H,17-23,27,32-40H2,1-16H3,(H,72,84)(H,73,86)(H,74,95)(H,75,87)/t42-,43-,48-,49-,50-,51-,52-,53-,54-,58-/m0/s1. The van der Waals surface area contributed by atoms with E-state index in [1.165, 1.54) is 102 Å². The number of ether oxygens (including phenoxy) is 1. The van der Waals surface area contributed by atoms with E-state index in [9.17, 15) is 52.7 Å². The topological polar surface area (TPSA) is 288 Å². The number of amides is 12. The molecule has 3 fully saturated rings. The van der Waals surface area contributed by atoms with Gasteiger partial charge in [0.15, 0.2) is 0 Å². The lowest BCUT2D eigenvalue weighted by atomic mass is 9.95. The predicted molar refractivity (Wildman–Crippen MR) is 363 cm³/mol. The number of methoxy groups -OCH3 is 1. The quantitative estimate of drug-likeness (QED) is 0.208. The molecule has 3 aliphatic rings. The van der Waals surface area contributed by atoms with Gasteiger partial charge >= 0.3 is 0 Å². The van der Waals surface area contributed by atoms with Crippen molar-refractivity contribution in [3.8, 4) is 5.75 Å². The molecule has 3 aliphatic heterocycles. The minimum absolute atomic E-state index is 0.0109. The molecule has 3 saturated heterocycles. The van der Waals surface area contributed by atoms with Gasteiger partial charge in [-0.05, 0) is 123 Å². The molecule has 2 aromatic rings. The van der Waals surface area contributed by atoms with Crippen LogP contribution in [0.3, 0.4) is 0 Å². The number of unbranched alkanes of at least 4 members (excludes halogenated alkanes) is 1. The second-order valence-corrected chi connectivity index (χ2v) is 27.7. The summed E-state index contributed by atoms with van der Waals surface area (Å²) in [5.41, 5.74) is -1.13. The van der Waals surface area contributed by atoms with Crippen molar-refractivity contribution in [2.24, 2.45) is 11.8 Å². The number of hydrogen-bond acceptors (Lipinski definition) is 13. The van der Waals surface area contributed by atoms with Gasteiger partial charge in [-0.25, -0.2) is 4.39 Å². The van der Waals surface area contributed by atoms with E-state index in [0.29, 0.717) is 56.5 Å². The first-order valence-electron chi connectivity index (χ1n) is 33.6. The summed E-state index contributed by atoms with van der Waals surface area (Å²) in [5.74, 6) is -9.33. The van der Waals surface area contributed by atoms with Crippen LogP contribution in [0.1, 0.15) is 144 Å². The minimum atomic E-state index is -1.75. The molecule has 96 heavy (non-hydrogen) atoms. The summed E-state index contributed by atoms with van der Waals surface area (Å²) in [5, 5.41) is 11.2. The van der Waals surface area contributed by atoms with Gasteiger partial charge in [0.25, 0.3) is 0 Å². The molecule has 10 atom stereocenters. The summed E-state index contributed by atoms with van der Waals surface area (Å²) in [6.45, 7) is 15.4. The van der Waals surface area contributed by atoms with Gasteiger partial charge in [0.05, 0.1) is 24.5 Å². The van der Waals surface area contributed by atoms with Crippen LogP contribution in [0.5, 0.6) is 5.75 Å². The molecule has 0 aliphatic carbocycles. The van der Waals surface area contributed by atoms with E-state index < -0.39 is 162 Å². The minimum Gasteiger partial charge on any atom is -0.497 e. The van der Waals surface area contributed by atoms with Gasteiger partial charge in [-0.3, -0.25) is 57.5 Å². The Morgan fingerprint density at radius 1 is 0.688 bits per heavy atom. The Bertz CT molecular complexity index is 3130. The molecule has 0 aromatic heterocycles. The highest BCUT2D eigenvalue weighted by molar-refractivity contribution is 9.10. The van der Waals surface area contributed by atoms with E-state index in [-0.39, 0.29) is 54.6 Å². The summed E-state index contributed by atoms with van der Waals surface area (Å²) in [7, 11) is 9.81. The van der Waals surface area contributed by atoms with Crippen LogP contribution in [0.15, 0.2) is 46.9 Å². The average molecular weight is 1410 g/mol.